The van der Waals surface area contributed by atoms with E-state index in [-0.39, 0.29) is 22.8 Å². The highest BCUT2D eigenvalue weighted by molar-refractivity contribution is 5.88. The summed E-state index contributed by atoms with van der Waals surface area (Å²) in [6.45, 7) is 17.7. The van der Waals surface area contributed by atoms with E-state index in [2.05, 4.69) is 45.9 Å². The molecule has 0 spiro atoms. The van der Waals surface area contributed by atoms with Crippen LogP contribution in [0.5, 0.6) is 11.5 Å². The number of esters is 2. The Balaban J connectivity index is 1.82. The number of carbonyl (C=O) groups is 2. The molecule has 0 amide bonds. The fourth-order valence-electron chi connectivity index (χ4n) is 5.79. The first-order valence-electron chi connectivity index (χ1n) is 16.2. The SMILES string of the molecule is CCOC(=O)/C=C/c1ccc(OC)c(-c2cc3c(cc2OCCCCCCCC(=O)OC(C)(C)C)C(C)(C)CCC3(C)C)c1. The van der Waals surface area contributed by atoms with E-state index in [1.165, 1.54) is 17.2 Å². The zero-order valence-electron chi connectivity index (χ0n) is 28.6. The van der Waals surface area contributed by atoms with Crippen LogP contribution in [0.2, 0.25) is 0 Å². The minimum atomic E-state index is -0.431. The Kier molecular flexibility index (Phi) is 12.1. The first-order chi connectivity index (χ1) is 20.7. The van der Waals surface area contributed by atoms with Crippen molar-refractivity contribution in [2.45, 2.75) is 123 Å². The molecule has 0 saturated carbocycles. The molecule has 0 fully saturated rings. The molecule has 0 saturated heterocycles. The molecule has 0 unspecified atom stereocenters. The zero-order valence-corrected chi connectivity index (χ0v) is 28.6. The maximum absolute atomic E-state index is 12.0. The van der Waals surface area contributed by atoms with E-state index in [1.807, 2.05) is 32.9 Å². The number of rotatable bonds is 14. The fourth-order valence-corrected chi connectivity index (χ4v) is 5.79. The van der Waals surface area contributed by atoms with E-state index in [0.29, 0.717) is 19.6 Å². The lowest BCUT2D eigenvalue weighted by molar-refractivity contribution is -0.155. The monoisotopic (exact) mass is 606 g/mol. The Morgan fingerprint density at radius 3 is 2.09 bits per heavy atom. The lowest BCUT2D eigenvalue weighted by atomic mass is 9.62. The molecule has 44 heavy (non-hydrogen) atoms. The van der Waals surface area contributed by atoms with Gasteiger partial charge in [-0.1, -0.05) is 53.0 Å². The predicted octanol–water partition coefficient (Wildman–Crippen LogP) is 9.35. The molecule has 0 radical (unpaired) electrons. The van der Waals surface area contributed by atoms with Gasteiger partial charge < -0.3 is 18.9 Å². The molecule has 1 aliphatic rings. The van der Waals surface area contributed by atoms with Crippen molar-refractivity contribution in [3.63, 3.8) is 0 Å². The van der Waals surface area contributed by atoms with Gasteiger partial charge in [0.05, 0.1) is 20.3 Å². The van der Waals surface area contributed by atoms with Gasteiger partial charge in [-0.25, -0.2) is 4.79 Å². The van der Waals surface area contributed by atoms with Crippen LogP contribution in [0.3, 0.4) is 0 Å². The number of benzene rings is 2. The quantitative estimate of drug-likeness (QED) is 0.121. The van der Waals surface area contributed by atoms with Gasteiger partial charge in [-0.15, -0.1) is 0 Å². The first-order valence-corrected chi connectivity index (χ1v) is 16.2. The van der Waals surface area contributed by atoms with E-state index in [0.717, 1.165) is 73.1 Å². The maximum atomic E-state index is 12.0. The van der Waals surface area contributed by atoms with Crippen molar-refractivity contribution < 1.29 is 28.5 Å². The molecular formula is C38H54O6. The van der Waals surface area contributed by atoms with Crippen molar-refractivity contribution >= 4 is 18.0 Å². The summed E-state index contributed by atoms with van der Waals surface area (Å²) in [5, 5.41) is 0. The maximum Gasteiger partial charge on any atom is 0.330 e. The third-order valence-electron chi connectivity index (χ3n) is 8.37. The summed E-state index contributed by atoms with van der Waals surface area (Å²) in [4.78, 5) is 23.9. The van der Waals surface area contributed by atoms with Gasteiger partial charge >= 0.3 is 11.9 Å². The third-order valence-corrected chi connectivity index (χ3v) is 8.37. The van der Waals surface area contributed by atoms with Gasteiger partial charge in [-0.2, -0.15) is 0 Å². The van der Waals surface area contributed by atoms with E-state index in [1.54, 1.807) is 20.1 Å². The highest BCUT2D eigenvalue weighted by atomic mass is 16.6. The van der Waals surface area contributed by atoms with Crippen molar-refractivity contribution in [3.8, 4) is 22.6 Å². The van der Waals surface area contributed by atoms with Crippen LogP contribution in [0.25, 0.3) is 17.2 Å². The van der Waals surface area contributed by atoms with Crippen LogP contribution in [0.4, 0.5) is 0 Å². The van der Waals surface area contributed by atoms with E-state index < -0.39 is 5.60 Å². The molecule has 6 heteroatoms. The molecule has 0 atom stereocenters. The number of carbonyl (C=O) groups excluding carboxylic acids is 2. The van der Waals surface area contributed by atoms with Gasteiger partial charge in [0.15, 0.2) is 0 Å². The first kappa shape index (κ1) is 35.2. The van der Waals surface area contributed by atoms with Crippen molar-refractivity contribution in [1.82, 2.24) is 0 Å². The number of methoxy groups -OCH3 is 1. The number of ether oxygens (including phenoxy) is 4. The van der Waals surface area contributed by atoms with Crippen LogP contribution in [0, 0.1) is 0 Å². The topological polar surface area (TPSA) is 71.1 Å². The highest BCUT2D eigenvalue weighted by Gasteiger charge is 2.38. The third kappa shape index (κ3) is 9.87. The second-order valence-electron chi connectivity index (χ2n) is 14.2. The van der Waals surface area contributed by atoms with Crippen LogP contribution < -0.4 is 9.47 Å². The van der Waals surface area contributed by atoms with Crippen molar-refractivity contribution in [2.75, 3.05) is 20.3 Å². The molecule has 3 rings (SSSR count). The molecule has 2 aromatic carbocycles. The summed E-state index contributed by atoms with van der Waals surface area (Å²) >= 11 is 0. The Hall–Kier alpha value is -3.28. The summed E-state index contributed by atoms with van der Waals surface area (Å²) < 4.78 is 22.9. The molecule has 242 valence electrons. The van der Waals surface area contributed by atoms with Gasteiger partial charge in [0, 0.05) is 23.6 Å². The standard InChI is InChI=1S/C38H54O6/c1-10-42-34(39)20-18-27-17-19-32(41-9)28(24-27)29-25-30-31(38(7,8)22-21-37(30,5)6)26-33(29)43-23-15-13-11-12-14-16-35(40)44-36(2,3)4/h17-20,24-26H,10-16,21-23H2,1-9H3/b20-18+. The average molecular weight is 607 g/mol. The minimum absolute atomic E-state index is 0.0338. The molecule has 6 nitrogen and oxygen atoms in total. The summed E-state index contributed by atoms with van der Waals surface area (Å²) in [6, 6.07) is 10.5. The summed E-state index contributed by atoms with van der Waals surface area (Å²) in [5.74, 6) is 1.12. The van der Waals surface area contributed by atoms with E-state index in [4.69, 9.17) is 18.9 Å². The molecular weight excluding hydrogens is 552 g/mol. The van der Waals surface area contributed by atoms with Crippen molar-refractivity contribution in [2.24, 2.45) is 0 Å². The smallest absolute Gasteiger partial charge is 0.330 e. The fraction of sp³-hybridized carbons (Fsp3) is 0.579. The van der Waals surface area contributed by atoms with Crippen LogP contribution in [-0.4, -0.2) is 37.9 Å². The number of hydrogen-bond acceptors (Lipinski definition) is 6. The van der Waals surface area contributed by atoms with Crippen LogP contribution in [-0.2, 0) is 29.9 Å². The van der Waals surface area contributed by atoms with Gasteiger partial charge in [0.1, 0.15) is 17.1 Å². The zero-order chi connectivity index (χ0) is 32.5. The van der Waals surface area contributed by atoms with Crippen LogP contribution in [0.15, 0.2) is 36.4 Å². The molecule has 0 heterocycles. The molecule has 0 bridgehead atoms. The lowest BCUT2D eigenvalue weighted by Crippen LogP contribution is -2.34. The summed E-state index contributed by atoms with van der Waals surface area (Å²) in [7, 11) is 1.68. The van der Waals surface area contributed by atoms with Crippen LogP contribution >= 0.6 is 0 Å². The molecule has 1 aliphatic carbocycles. The average Bonchev–Trinajstić information content (AvgIpc) is 2.94. The van der Waals surface area contributed by atoms with Crippen molar-refractivity contribution in [1.29, 1.82) is 0 Å². The Morgan fingerprint density at radius 1 is 0.841 bits per heavy atom. The number of hydrogen-bond donors (Lipinski definition) is 0. The van der Waals surface area contributed by atoms with Gasteiger partial charge in [-0.05, 0) is 111 Å². The normalized spacial score (nSPS) is 15.5. The van der Waals surface area contributed by atoms with Crippen LogP contribution in [0.1, 0.15) is 123 Å². The predicted molar refractivity (Wildman–Crippen MR) is 178 cm³/mol. The molecule has 2 aromatic rings. The molecule has 0 aliphatic heterocycles. The van der Waals surface area contributed by atoms with Gasteiger partial charge in [0.2, 0.25) is 0 Å². The highest BCUT2D eigenvalue weighted by Crippen LogP contribution is 2.50. The summed E-state index contributed by atoms with van der Waals surface area (Å²) in [6.07, 6.45) is 10.8. The van der Waals surface area contributed by atoms with E-state index >= 15 is 0 Å². The second kappa shape index (κ2) is 15.1. The number of unbranched alkanes of at least 4 members (excludes halogenated alkanes) is 4. The largest absolute Gasteiger partial charge is 0.496 e. The summed E-state index contributed by atoms with van der Waals surface area (Å²) in [5.41, 5.74) is 5.13. The molecule has 0 aromatic heterocycles. The lowest BCUT2D eigenvalue weighted by Gasteiger charge is -2.42. The Morgan fingerprint density at radius 2 is 1.45 bits per heavy atom. The second-order valence-corrected chi connectivity index (χ2v) is 14.2. The van der Waals surface area contributed by atoms with E-state index in [9.17, 15) is 9.59 Å². The van der Waals surface area contributed by atoms with Gasteiger partial charge in [-0.3, -0.25) is 4.79 Å². The van der Waals surface area contributed by atoms with Crippen molar-refractivity contribution in [3.05, 3.63) is 53.1 Å². The minimum Gasteiger partial charge on any atom is -0.496 e. The molecule has 0 N–H and O–H groups in total. The number of fused-ring (bicyclic) bond motifs is 1. The Labute approximate surface area is 265 Å². The van der Waals surface area contributed by atoms with Gasteiger partial charge in [0.25, 0.3) is 0 Å². The Bertz CT molecular complexity index is 1310.